The molecule has 0 aromatic heterocycles. The van der Waals surface area contributed by atoms with E-state index in [2.05, 4.69) is 200 Å². The van der Waals surface area contributed by atoms with Crippen molar-refractivity contribution in [2.24, 2.45) is 0 Å². The summed E-state index contributed by atoms with van der Waals surface area (Å²) in [5.41, 5.74) is 13.8. The molecule has 6 aromatic carbocycles. The van der Waals surface area contributed by atoms with Crippen LogP contribution in [-0.2, 0) is 14.4 Å². The van der Waals surface area contributed by atoms with Gasteiger partial charge in [0.25, 0.3) is 0 Å². The molecule has 0 amide bonds. The molecule has 6 aromatic rings. The Bertz CT molecular complexity index is 2260. The van der Waals surface area contributed by atoms with Crippen molar-refractivity contribution in [3.63, 3.8) is 0 Å². The molecule has 48 heavy (non-hydrogen) atoms. The zero-order valence-corrected chi connectivity index (χ0v) is 32.4. The quantitative estimate of drug-likeness (QED) is 0.151. The number of hydrogen-bond acceptors (Lipinski definition) is 0. The molecule has 0 N–H and O–H groups in total. The van der Waals surface area contributed by atoms with Crippen LogP contribution in [0.15, 0.2) is 169 Å². The molecule has 0 spiro atoms. The first-order chi connectivity index (χ1) is 23.0. The second kappa shape index (κ2) is 9.97. The molecule has 8 rings (SSSR count). The molecule has 0 bridgehead atoms. The van der Waals surface area contributed by atoms with Gasteiger partial charge < -0.3 is 0 Å². The molecule has 236 valence electrons. The predicted molar refractivity (Wildman–Crippen MR) is 209 cm³/mol. The Labute approximate surface area is 281 Å². The Kier molecular flexibility index (Phi) is 6.48. The topological polar surface area (TPSA) is 0 Å². The van der Waals surface area contributed by atoms with Gasteiger partial charge in [0, 0.05) is 0 Å². The van der Waals surface area contributed by atoms with E-state index in [1.54, 1.807) is 0 Å². The van der Waals surface area contributed by atoms with Gasteiger partial charge in [-0.1, -0.05) is 0 Å². The molecule has 2 atom stereocenters. The molecular formula is C46H44SiZr. The van der Waals surface area contributed by atoms with Crippen LogP contribution in [0.25, 0.3) is 34.4 Å². The summed E-state index contributed by atoms with van der Waals surface area (Å²) in [6.45, 7) is 7.29. The maximum absolute atomic E-state index is 5.90. The van der Waals surface area contributed by atoms with E-state index in [0.29, 0.717) is 0 Å². The molecule has 0 saturated carbocycles. The zero-order valence-electron chi connectivity index (χ0n) is 28.5. The summed E-state index contributed by atoms with van der Waals surface area (Å²) in [5.74, 6) is 0. The van der Waals surface area contributed by atoms with Crippen molar-refractivity contribution in [2.45, 2.75) is 30.4 Å². The summed E-state index contributed by atoms with van der Waals surface area (Å²) in [7, 11) is 0. The third-order valence-electron chi connectivity index (χ3n) is 13.3. The minimum absolute atomic E-state index is 0.184. The Morgan fingerprint density at radius 2 is 0.750 bits per heavy atom. The van der Waals surface area contributed by atoms with E-state index < -0.39 is 14.4 Å². The van der Waals surface area contributed by atoms with Crippen molar-refractivity contribution in [1.29, 1.82) is 0 Å². The van der Waals surface area contributed by atoms with Crippen LogP contribution in [0.2, 0.25) is 9.26 Å². The van der Waals surface area contributed by atoms with E-state index in [0.717, 1.165) is 0 Å². The van der Waals surface area contributed by atoms with Crippen LogP contribution in [-0.4, -0.2) is 6.88 Å². The molecule has 0 saturated heterocycles. The molecule has 2 heteroatoms. The van der Waals surface area contributed by atoms with Gasteiger partial charge >= 0.3 is 284 Å². The number of rotatable bonds is 6. The summed E-state index contributed by atoms with van der Waals surface area (Å²) < 4.78 is 9.01. The molecule has 0 fully saturated rings. The van der Waals surface area contributed by atoms with Crippen LogP contribution >= 0.6 is 0 Å². The summed E-state index contributed by atoms with van der Waals surface area (Å²) in [4.78, 5) is 0. The predicted octanol–water partition coefficient (Wildman–Crippen LogP) is 10.7. The Balaban J connectivity index is 1.57. The van der Waals surface area contributed by atoms with Gasteiger partial charge in [-0.3, -0.25) is 0 Å². The molecule has 2 unspecified atom stereocenters. The van der Waals surface area contributed by atoms with Crippen LogP contribution in [0.5, 0.6) is 0 Å². The van der Waals surface area contributed by atoms with Gasteiger partial charge in [0.15, 0.2) is 0 Å². The first-order valence-electron chi connectivity index (χ1n) is 17.4. The fourth-order valence-corrected chi connectivity index (χ4v) is 51.5. The fraction of sp³-hybridized carbons (Fsp3) is 0.130. The molecule has 2 aliphatic carbocycles. The van der Waals surface area contributed by atoms with Gasteiger partial charge in [-0.15, -0.1) is 0 Å². The third-order valence-corrected chi connectivity index (χ3v) is 52.9. The number of hydrogen-bond donors (Lipinski definition) is 0. The van der Waals surface area contributed by atoms with E-state index >= 15 is 0 Å². The first-order valence-corrected chi connectivity index (χ1v) is 33.5. The van der Waals surface area contributed by atoms with Crippen molar-refractivity contribution in [1.82, 2.24) is 0 Å². The van der Waals surface area contributed by atoms with E-state index in [4.69, 9.17) is 0 Å². The van der Waals surface area contributed by atoms with Crippen molar-refractivity contribution in [3.05, 3.63) is 191 Å². The van der Waals surface area contributed by atoms with Gasteiger partial charge in [0.2, 0.25) is 0 Å². The molecule has 0 aliphatic heterocycles. The summed E-state index contributed by atoms with van der Waals surface area (Å²) in [6.07, 6.45) is 5.08. The van der Waals surface area contributed by atoms with Crippen LogP contribution in [0.4, 0.5) is 0 Å². The van der Waals surface area contributed by atoms with E-state index in [-0.39, 0.29) is 7.25 Å². The van der Waals surface area contributed by atoms with E-state index in [1.165, 1.54) is 62.2 Å². The first kappa shape index (κ1) is 31.2. The minimum atomic E-state index is -5.90. The summed E-state index contributed by atoms with van der Waals surface area (Å²) in [5, 5.41) is 0. The van der Waals surface area contributed by atoms with Crippen LogP contribution in [0, 0.1) is 0 Å². The average molecular weight is 716 g/mol. The second-order valence-electron chi connectivity index (χ2n) is 16.7. The van der Waals surface area contributed by atoms with Crippen LogP contribution < -0.4 is 6.54 Å². The number of fused-ring (bicyclic) bond motifs is 2. The molecule has 0 radical (unpaired) electrons. The van der Waals surface area contributed by atoms with Crippen molar-refractivity contribution < 1.29 is 14.4 Å². The van der Waals surface area contributed by atoms with Crippen molar-refractivity contribution >= 4 is 25.6 Å². The second-order valence-corrected chi connectivity index (χ2v) is 64.3. The molecule has 2 aliphatic rings. The van der Waals surface area contributed by atoms with Crippen LogP contribution in [0.3, 0.4) is 0 Å². The average Bonchev–Trinajstić information content (AvgIpc) is 3.67. The summed E-state index contributed by atoms with van der Waals surface area (Å²) in [6, 6.07) is 59.5. The third kappa shape index (κ3) is 3.80. The molecular weight excluding hydrogens is 672 g/mol. The normalized spacial score (nSPS) is 19.1. The van der Waals surface area contributed by atoms with Gasteiger partial charge in [0.1, 0.15) is 0 Å². The fourth-order valence-electron chi connectivity index (χ4n) is 11.5. The Morgan fingerprint density at radius 3 is 1.10 bits per heavy atom. The van der Waals surface area contributed by atoms with Crippen molar-refractivity contribution in [3.8, 4) is 22.3 Å². The van der Waals surface area contributed by atoms with Gasteiger partial charge in [-0.2, -0.15) is 0 Å². The Morgan fingerprint density at radius 1 is 0.417 bits per heavy atom. The standard InChI is InChI=1S/2C16H13.2C6H5.2CH3.H2Si.Zr/c2*1-12-10-14-8-5-9-15(16(14)11-12)13-6-3-2-4-7-13;2*1-2-4-6-5-3-1;;;;/h2*2-11H,1H3;2*1-5H;2*1H3;1H2;. The SMILES string of the molecule is CC1=Cc2c(-c3ccccc3)cccc2[CH]1[Zr]([CH3])([CH3])(=[SiH2])([c]1ccccc1)([c]1ccccc1)[CH]1C(C)=Cc2c(-c3ccccc3)cccc21. The van der Waals surface area contributed by atoms with Gasteiger partial charge in [-0.05, 0) is 0 Å². The van der Waals surface area contributed by atoms with E-state index in [1.807, 2.05) is 0 Å². The van der Waals surface area contributed by atoms with E-state index in [9.17, 15) is 0 Å². The maximum atomic E-state index is 2.82. The number of allylic oxidation sites excluding steroid dienone is 2. The van der Waals surface area contributed by atoms with Gasteiger partial charge in [0.05, 0.1) is 0 Å². The summed E-state index contributed by atoms with van der Waals surface area (Å²) >= 11 is -5.90. The Hall–Kier alpha value is -4.10. The molecule has 0 heterocycles. The zero-order chi connectivity index (χ0) is 33.3. The number of benzene rings is 6. The van der Waals surface area contributed by atoms with Crippen molar-refractivity contribution in [2.75, 3.05) is 0 Å². The molecule has 0 nitrogen and oxygen atoms in total. The van der Waals surface area contributed by atoms with Gasteiger partial charge in [-0.25, -0.2) is 0 Å². The monoisotopic (exact) mass is 714 g/mol. The van der Waals surface area contributed by atoms with Crippen LogP contribution in [0.1, 0.15) is 43.4 Å².